The summed E-state index contributed by atoms with van der Waals surface area (Å²) < 4.78 is 15.9. The van der Waals surface area contributed by atoms with Crippen molar-refractivity contribution in [1.82, 2.24) is 0 Å². The van der Waals surface area contributed by atoms with E-state index in [0.717, 1.165) is 0 Å². The number of hydrogen-bond donors (Lipinski definition) is 2. The molecule has 0 saturated carbocycles. The van der Waals surface area contributed by atoms with Crippen molar-refractivity contribution in [3.8, 4) is 17.2 Å². The molecule has 8 heteroatoms. The lowest BCUT2D eigenvalue weighted by molar-refractivity contribution is 0.101. The Kier molecular flexibility index (Phi) is 5.45. The van der Waals surface area contributed by atoms with Crippen LogP contribution in [0, 0.1) is 0 Å². The van der Waals surface area contributed by atoms with Crippen molar-refractivity contribution in [2.45, 2.75) is 0 Å². The molecule has 1 aliphatic rings. The zero-order valence-corrected chi connectivity index (χ0v) is 16.7. The van der Waals surface area contributed by atoms with Gasteiger partial charge in [-0.25, -0.2) is 0 Å². The van der Waals surface area contributed by atoms with Crippen LogP contribution < -0.4 is 24.8 Å². The van der Waals surface area contributed by atoms with E-state index in [1.807, 2.05) is 0 Å². The van der Waals surface area contributed by atoms with Gasteiger partial charge in [0.25, 0.3) is 11.8 Å². The molecule has 0 aliphatic carbocycles. The fraction of sp³-hybridized carbons (Fsp3) is 0.0909. The van der Waals surface area contributed by atoms with Gasteiger partial charge in [-0.2, -0.15) is 0 Å². The molecular weight excluding hydrogens is 408 g/mol. The van der Waals surface area contributed by atoms with Crippen molar-refractivity contribution >= 4 is 34.8 Å². The maximum absolute atomic E-state index is 12.6. The number of anilines is 2. The highest BCUT2D eigenvalue weighted by Crippen LogP contribution is 2.33. The highest BCUT2D eigenvalue weighted by molar-refractivity contribution is 6.34. The van der Waals surface area contributed by atoms with E-state index in [0.29, 0.717) is 44.8 Å². The predicted molar refractivity (Wildman–Crippen MR) is 113 cm³/mol. The van der Waals surface area contributed by atoms with Crippen LogP contribution in [0.25, 0.3) is 0 Å². The molecule has 0 radical (unpaired) electrons. The molecule has 2 N–H and O–H groups in total. The number of benzene rings is 3. The summed E-state index contributed by atoms with van der Waals surface area (Å²) in [6.45, 7) is 0.138. The quantitative estimate of drug-likeness (QED) is 0.626. The summed E-state index contributed by atoms with van der Waals surface area (Å²) in [5, 5.41) is 5.91. The van der Waals surface area contributed by atoms with Crippen LogP contribution in [0.5, 0.6) is 17.2 Å². The third kappa shape index (κ3) is 4.01. The Bertz CT molecular complexity index is 1130. The van der Waals surface area contributed by atoms with Crippen molar-refractivity contribution in [2.24, 2.45) is 0 Å². The zero-order chi connectivity index (χ0) is 21.1. The van der Waals surface area contributed by atoms with E-state index in [9.17, 15) is 9.59 Å². The van der Waals surface area contributed by atoms with Gasteiger partial charge in [0, 0.05) is 17.3 Å². The molecule has 0 unspecified atom stereocenters. The Morgan fingerprint density at radius 3 is 2.53 bits per heavy atom. The van der Waals surface area contributed by atoms with Crippen molar-refractivity contribution in [3.05, 3.63) is 76.8 Å². The number of carbonyl (C=O) groups is 2. The Labute approximate surface area is 177 Å². The van der Waals surface area contributed by atoms with E-state index in [2.05, 4.69) is 10.6 Å². The number of halogens is 1. The molecule has 0 aromatic heterocycles. The first-order valence-electron chi connectivity index (χ1n) is 9.00. The first kappa shape index (κ1) is 19.6. The molecule has 3 aromatic carbocycles. The molecule has 0 saturated heterocycles. The van der Waals surface area contributed by atoms with Crippen molar-refractivity contribution < 1.29 is 23.8 Å². The maximum atomic E-state index is 12.6. The molecule has 0 bridgehead atoms. The number of rotatable bonds is 5. The monoisotopic (exact) mass is 424 g/mol. The number of carbonyl (C=O) groups excluding carboxylic acids is 2. The van der Waals surface area contributed by atoms with Crippen LogP contribution in [-0.2, 0) is 0 Å². The molecule has 1 heterocycles. The second-order valence-corrected chi connectivity index (χ2v) is 6.78. The standard InChI is InChI=1S/C22H17ClN2O5/c1-28-19-11-14(24-21(26)13-6-9-18-20(10-13)30-12-29-18)7-8-17(19)25-22(27)15-4-2-3-5-16(15)23/h2-11H,12H2,1H3,(H,24,26)(H,25,27). The van der Waals surface area contributed by atoms with Gasteiger partial charge < -0.3 is 24.8 Å². The molecule has 1 aliphatic heterocycles. The normalized spacial score (nSPS) is 11.7. The van der Waals surface area contributed by atoms with Gasteiger partial charge in [0.1, 0.15) is 5.75 Å². The summed E-state index contributed by atoms with van der Waals surface area (Å²) in [7, 11) is 1.48. The van der Waals surface area contributed by atoms with Crippen molar-refractivity contribution in [3.63, 3.8) is 0 Å². The summed E-state index contributed by atoms with van der Waals surface area (Å²) in [6, 6.07) is 16.6. The number of ether oxygens (including phenoxy) is 3. The lowest BCUT2D eigenvalue weighted by atomic mass is 10.1. The number of amides is 2. The summed E-state index contributed by atoms with van der Waals surface area (Å²) in [5.41, 5.74) is 1.73. The predicted octanol–water partition coefficient (Wildman–Crippen LogP) is 4.58. The van der Waals surface area contributed by atoms with Gasteiger partial charge in [0.05, 0.1) is 23.4 Å². The van der Waals surface area contributed by atoms with E-state index >= 15 is 0 Å². The third-order valence-corrected chi connectivity index (χ3v) is 4.79. The second kappa shape index (κ2) is 8.34. The number of methoxy groups -OCH3 is 1. The van der Waals surface area contributed by atoms with Crippen molar-refractivity contribution in [2.75, 3.05) is 24.5 Å². The Balaban J connectivity index is 1.50. The highest BCUT2D eigenvalue weighted by Gasteiger charge is 2.17. The van der Waals surface area contributed by atoms with Crippen LogP contribution in [0.2, 0.25) is 5.02 Å². The van der Waals surface area contributed by atoms with Crippen LogP contribution >= 0.6 is 11.6 Å². The molecule has 4 rings (SSSR count). The molecule has 3 aromatic rings. The van der Waals surface area contributed by atoms with E-state index in [1.165, 1.54) is 7.11 Å². The molecule has 7 nitrogen and oxygen atoms in total. The van der Waals surface area contributed by atoms with Crippen LogP contribution in [-0.4, -0.2) is 25.7 Å². The summed E-state index contributed by atoms with van der Waals surface area (Å²) in [6.07, 6.45) is 0. The fourth-order valence-corrected chi connectivity index (χ4v) is 3.17. The maximum Gasteiger partial charge on any atom is 0.257 e. The van der Waals surface area contributed by atoms with Crippen LogP contribution in [0.4, 0.5) is 11.4 Å². The minimum atomic E-state index is -0.365. The molecular formula is C22H17ClN2O5. The minimum absolute atomic E-state index is 0.138. The van der Waals surface area contributed by atoms with Crippen LogP contribution in [0.3, 0.4) is 0 Å². The number of nitrogens with one attached hydrogen (secondary N) is 2. The van der Waals surface area contributed by atoms with Gasteiger partial charge in [0.2, 0.25) is 6.79 Å². The first-order chi connectivity index (χ1) is 14.5. The van der Waals surface area contributed by atoms with E-state index < -0.39 is 0 Å². The largest absolute Gasteiger partial charge is 0.494 e. The summed E-state index contributed by atoms with van der Waals surface area (Å²) in [5.74, 6) is 0.836. The highest BCUT2D eigenvalue weighted by atomic mass is 35.5. The SMILES string of the molecule is COc1cc(NC(=O)c2ccc3c(c2)OCO3)ccc1NC(=O)c1ccccc1Cl. The molecule has 0 atom stereocenters. The van der Waals surface area contributed by atoms with E-state index in [-0.39, 0.29) is 18.6 Å². The number of fused-ring (bicyclic) bond motifs is 1. The zero-order valence-electron chi connectivity index (χ0n) is 15.9. The Hall–Kier alpha value is -3.71. The average Bonchev–Trinajstić information content (AvgIpc) is 3.23. The Morgan fingerprint density at radius 2 is 1.73 bits per heavy atom. The molecule has 30 heavy (non-hydrogen) atoms. The average molecular weight is 425 g/mol. The minimum Gasteiger partial charge on any atom is -0.494 e. The number of hydrogen-bond acceptors (Lipinski definition) is 5. The van der Waals surface area contributed by atoms with E-state index in [4.69, 9.17) is 25.8 Å². The van der Waals surface area contributed by atoms with Gasteiger partial charge in [-0.3, -0.25) is 9.59 Å². The Morgan fingerprint density at radius 1 is 0.933 bits per heavy atom. The van der Waals surface area contributed by atoms with Gasteiger partial charge in [-0.15, -0.1) is 0 Å². The summed E-state index contributed by atoms with van der Waals surface area (Å²) >= 11 is 6.08. The van der Waals surface area contributed by atoms with Gasteiger partial charge in [-0.1, -0.05) is 23.7 Å². The van der Waals surface area contributed by atoms with E-state index in [1.54, 1.807) is 60.7 Å². The topological polar surface area (TPSA) is 85.9 Å². The summed E-state index contributed by atoms with van der Waals surface area (Å²) in [4.78, 5) is 25.1. The van der Waals surface area contributed by atoms with Crippen LogP contribution in [0.1, 0.15) is 20.7 Å². The van der Waals surface area contributed by atoms with Crippen molar-refractivity contribution in [1.29, 1.82) is 0 Å². The lowest BCUT2D eigenvalue weighted by Gasteiger charge is -2.13. The second-order valence-electron chi connectivity index (χ2n) is 6.37. The third-order valence-electron chi connectivity index (χ3n) is 4.46. The molecule has 0 spiro atoms. The van der Waals surface area contributed by atoms with Crippen LogP contribution in [0.15, 0.2) is 60.7 Å². The van der Waals surface area contributed by atoms with Gasteiger partial charge in [0.15, 0.2) is 11.5 Å². The molecule has 152 valence electrons. The first-order valence-corrected chi connectivity index (χ1v) is 9.38. The molecule has 0 fully saturated rings. The van der Waals surface area contributed by atoms with Gasteiger partial charge in [-0.05, 0) is 42.5 Å². The molecule has 2 amide bonds. The van der Waals surface area contributed by atoms with Gasteiger partial charge >= 0.3 is 0 Å². The fourth-order valence-electron chi connectivity index (χ4n) is 2.95. The smallest absolute Gasteiger partial charge is 0.257 e. The lowest BCUT2D eigenvalue weighted by Crippen LogP contribution is -2.14.